The average Bonchev–Trinajstić information content (AvgIpc) is 2.51. The Morgan fingerprint density at radius 1 is 1.85 bits per heavy atom. The summed E-state index contributed by atoms with van der Waals surface area (Å²) in [5.74, 6) is -0.446. The van der Waals surface area contributed by atoms with Crippen LogP contribution in [0.15, 0.2) is 12.3 Å². The lowest BCUT2D eigenvalue weighted by molar-refractivity contribution is -0.142. The number of hydrogen-bond acceptors (Lipinski definition) is 4. The van der Waals surface area contributed by atoms with Crippen LogP contribution in [0.5, 0.6) is 0 Å². The number of esters is 1. The highest BCUT2D eigenvalue weighted by Crippen LogP contribution is 2.13. The summed E-state index contributed by atoms with van der Waals surface area (Å²) in [4.78, 5) is 10.8. The minimum absolute atomic E-state index is 0.0620. The lowest BCUT2D eigenvalue weighted by atomic mass is 10.2. The molecule has 5 nitrogen and oxygen atoms in total. The number of aromatic nitrogens is 2. The van der Waals surface area contributed by atoms with Crippen LogP contribution in [0.3, 0.4) is 0 Å². The summed E-state index contributed by atoms with van der Waals surface area (Å²) in [6, 6.07) is 1.66. The quantitative estimate of drug-likeness (QED) is 0.672. The third-order valence-corrected chi connectivity index (χ3v) is 1.66. The van der Waals surface area contributed by atoms with E-state index >= 15 is 0 Å². The molecule has 0 spiro atoms. The smallest absolute Gasteiger partial charge is 0.308 e. The monoisotopic (exact) mass is 184 g/mol. The van der Waals surface area contributed by atoms with Gasteiger partial charge < -0.3 is 9.84 Å². The molecule has 5 heteroatoms. The normalized spacial score (nSPS) is 12.5. The molecule has 0 aliphatic heterocycles. The molecule has 0 aromatic carbocycles. The third-order valence-electron chi connectivity index (χ3n) is 1.66. The molecule has 1 aromatic rings. The molecular formula is C8H12N2O3. The second-order valence-electron chi connectivity index (χ2n) is 2.71. The molecule has 1 rings (SSSR count). The van der Waals surface area contributed by atoms with Gasteiger partial charge in [0.05, 0.1) is 19.2 Å². The van der Waals surface area contributed by atoms with Gasteiger partial charge in [0.15, 0.2) is 0 Å². The molecular weight excluding hydrogens is 172 g/mol. The fourth-order valence-electron chi connectivity index (χ4n) is 0.957. The van der Waals surface area contributed by atoms with Crippen molar-refractivity contribution in [3.8, 4) is 0 Å². The van der Waals surface area contributed by atoms with E-state index in [9.17, 15) is 9.90 Å². The van der Waals surface area contributed by atoms with E-state index < -0.39 is 12.1 Å². The van der Waals surface area contributed by atoms with E-state index in [-0.39, 0.29) is 6.42 Å². The number of hydrogen-bond donors (Lipinski definition) is 1. The Morgan fingerprint density at radius 3 is 3.00 bits per heavy atom. The summed E-state index contributed by atoms with van der Waals surface area (Å²) in [6.45, 7) is 0. The lowest BCUT2D eigenvalue weighted by Crippen LogP contribution is -2.08. The molecule has 0 bridgehead atoms. The molecule has 0 saturated carbocycles. The van der Waals surface area contributed by atoms with Crippen LogP contribution in [0.2, 0.25) is 0 Å². The standard InChI is InChI=1S/C8H12N2O3/c1-10-4-3-6(9-10)7(11)5-8(12)13-2/h3-4,7,11H,5H2,1-2H3/t7-/m0/s1. The minimum atomic E-state index is -0.881. The summed E-state index contributed by atoms with van der Waals surface area (Å²) in [5, 5.41) is 13.4. The molecule has 1 atom stereocenters. The fraction of sp³-hybridized carbons (Fsp3) is 0.500. The van der Waals surface area contributed by atoms with Crippen LogP contribution >= 0.6 is 0 Å². The largest absolute Gasteiger partial charge is 0.469 e. The topological polar surface area (TPSA) is 64.3 Å². The van der Waals surface area contributed by atoms with E-state index in [1.807, 2.05) is 0 Å². The van der Waals surface area contributed by atoms with Crippen molar-refractivity contribution in [1.29, 1.82) is 0 Å². The van der Waals surface area contributed by atoms with Gasteiger partial charge in [-0.1, -0.05) is 0 Å². The highest BCUT2D eigenvalue weighted by Gasteiger charge is 2.15. The first-order chi connectivity index (χ1) is 6.13. The number of aryl methyl sites for hydroxylation is 1. The van der Waals surface area contributed by atoms with E-state index in [0.717, 1.165) is 0 Å². The van der Waals surface area contributed by atoms with Gasteiger partial charge in [-0.3, -0.25) is 9.48 Å². The SMILES string of the molecule is COC(=O)C[C@H](O)c1ccn(C)n1. The number of carbonyl (C=O) groups excluding carboxylic acids is 1. The van der Waals surface area contributed by atoms with Gasteiger partial charge in [0, 0.05) is 13.2 Å². The molecule has 0 aliphatic carbocycles. The van der Waals surface area contributed by atoms with Crippen molar-refractivity contribution in [1.82, 2.24) is 9.78 Å². The van der Waals surface area contributed by atoms with Crippen molar-refractivity contribution in [3.63, 3.8) is 0 Å². The molecule has 1 heterocycles. The maximum absolute atomic E-state index is 10.8. The van der Waals surface area contributed by atoms with E-state index in [1.165, 1.54) is 7.11 Å². The van der Waals surface area contributed by atoms with Crippen molar-refractivity contribution in [2.45, 2.75) is 12.5 Å². The lowest BCUT2D eigenvalue weighted by Gasteiger charge is -2.04. The van der Waals surface area contributed by atoms with E-state index in [2.05, 4.69) is 9.84 Å². The summed E-state index contributed by atoms with van der Waals surface area (Å²) >= 11 is 0. The van der Waals surface area contributed by atoms with Crippen LogP contribution in [0.1, 0.15) is 18.2 Å². The van der Waals surface area contributed by atoms with Crippen LogP contribution < -0.4 is 0 Å². The van der Waals surface area contributed by atoms with Gasteiger partial charge in [-0.15, -0.1) is 0 Å². The summed E-state index contributed by atoms with van der Waals surface area (Å²) < 4.78 is 5.98. The Balaban J connectivity index is 2.58. The molecule has 0 fully saturated rings. The Bertz CT molecular complexity index is 295. The van der Waals surface area contributed by atoms with Crippen LogP contribution in [0, 0.1) is 0 Å². The first kappa shape index (κ1) is 9.73. The van der Waals surface area contributed by atoms with Crippen molar-refractivity contribution < 1.29 is 14.6 Å². The van der Waals surface area contributed by atoms with Gasteiger partial charge in [0.25, 0.3) is 0 Å². The Kier molecular flexibility index (Phi) is 3.02. The second-order valence-corrected chi connectivity index (χ2v) is 2.71. The van der Waals surface area contributed by atoms with Crippen LogP contribution in [0.4, 0.5) is 0 Å². The maximum Gasteiger partial charge on any atom is 0.308 e. The highest BCUT2D eigenvalue weighted by atomic mass is 16.5. The Hall–Kier alpha value is -1.36. The molecule has 72 valence electrons. The summed E-state index contributed by atoms with van der Waals surface area (Å²) in [6.07, 6.45) is 0.761. The van der Waals surface area contributed by atoms with Gasteiger partial charge in [0.1, 0.15) is 6.10 Å². The van der Waals surface area contributed by atoms with Crippen molar-refractivity contribution >= 4 is 5.97 Å². The average molecular weight is 184 g/mol. The number of aliphatic hydroxyl groups is 1. The third kappa shape index (κ3) is 2.55. The predicted molar refractivity (Wildman–Crippen MR) is 44.8 cm³/mol. The molecule has 0 radical (unpaired) electrons. The van der Waals surface area contributed by atoms with Gasteiger partial charge in [0.2, 0.25) is 0 Å². The molecule has 0 amide bonds. The second kappa shape index (κ2) is 4.04. The number of ether oxygens (including phenoxy) is 1. The van der Waals surface area contributed by atoms with Crippen molar-refractivity contribution in [3.05, 3.63) is 18.0 Å². The molecule has 13 heavy (non-hydrogen) atoms. The number of methoxy groups -OCH3 is 1. The number of carbonyl (C=O) groups is 1. The van der Waals surface area contributed by atoms with Crippen LogP contribution in [-0.2, 0) is 16.6 Å². The summed E-state index contributed by atoms with van der Waals surface area (Å²) in [5.41, 5.74) is 0.480. The fourth-order valence-corrected chi connectivity index (χ4v) is 0.957. The van der Waals surface area contributed by atoms with Crippen molar-refractivity contribution in [2.24, 2.45) is 7.05 Å². The van der Waals surface area contributed by atoms with E-state index in [0.29, 0.717) is 5.69 Å². The molecule has 1 aromatic heterocycles. The highest BCUT2D eigenvalue weighted by molar-refractivity contribution is 5.69. The van der Waals surface area contributed by atoms with Crippen molar-refractivity contribution in [2.75, 3.05) is 7.11 Å². The van der Waals surface area contributed by atoms with Crippen LogP contribution in [-0.4, -0.2) is 28.0 Å². The molecule has 0 aliphatic rings. The Morgan fingerprint density at radius 2 is 2.54 bits per heavy atom. The van der Waals surface area contributed by atoms with Gasteiger partial charge >= 0.3 is 5.97 Å². The zero-order chi connectivity index (χ0) is 9.84. The first-order valence-corrected chi connectivity index (χ1v) is 3.88. The number of aliphatic hydroxyl groups excluding tert-OH is 1. The minimum Gasteiger partial charge on any atom is -0.469 e. The molecule has 0 saturated heterocycles. The number of nitrogens with zero attached hydrogens (tertiary/aromatic N) is 2. The van der Waals surface area contributed by atoms with Gasteiger partial charge in [-0.2, -0.15) is 5.10 Å². The van der Waals surface area contributed by atoms with Crippen LogP contribution in [0.25, 0.3) is 0 Å². The molecule has 0 unspecified atom stereocenters. The van der Waals surface area contributed by atoms with E-state index in [1.54, 1.807) is 24.0 Å². The first-order valence-electron chi connectivity index (χ1n) is 3.88. The van der Waals surface area contributed by atoms with Gasteiger partial charge in [-0.05, 0) is 6.07 Å². The van der Waals surface area contributed by atoms with E-state index in [4.69, 9.17) is 0 Å². The molecule has 1 N–H and O–H groups in total. The van der Waals surface area contributed by atoms with Gasteiger partial charge in [-0.25, -0.2) is 0 Å². The maximum atomic E-state index is 10.8. The predicted octanol–water partition coefficient (Wildman–Crippen LogP) is 0.0166. The summed E-state index contributed by atoms with van der Waals surface area (Å²) in [7, 11) is 3.03. The zero-order valence-corrected chi connectivity index (χ0v) is 7.60. The number of rotatable bonds is 3. The Labute approximate surface area is 75.9 Å². The zero-order valence-electron chi connectivity index (χ0n) is 7.60.